The zero-order valence-corrected chi connectivity index (χ0v) is 10.7. The van der Waals surface area contributed by atoms with Crippen LogP contribution in [0.25, 0.3) is 0 Å². The molecule has 1 radical (unpaired) electrons. The summed E-state index contributed by atoms with van der Waals surface area (Å²) in [4.78, 5) is 10.1. The molecule has 1 aromatic carbocycles. The molecule has 1 amide bonds. The predicted molar refractivity (Wildman–Crippen MR) is 55.8 cm³/mol. The number of carbonyl (C=O) groups excluding carboxylic acids is 1. The molecule has 0 aliphatic rings. The van der Waals surface area contributed by atoms with Crippen LogP contribution in [0.4, 0.5) is 45.2 Å². The first kappa shape index (κ1) is 19.5. The molecule has 0 fully saturated rings. The Bertz CT molecular complexity index is 556. The second kappa shape index (κ2) is 6.52. The molecular weight excluding hydrogens is 369 g/mol. The lowest BCUT2D eigenvalue weighted by Crippen LogP contribution is -2.24. The maximum Gasteiger partial charge on any atom is 0.573 e. The molecule has 1 aromatic rings. The van der Waals surface area contributed by atoms with Gasteiger partial charge < -0.3 is 19.5 Å². The normalized spacial score (nSPS) is 12.5. The van der Waals surface area contributed by atoms with Crippen LogP contribution in [-0.4, -0.2) is 25.5 Å². The van der Waals surface area contributed by atoms with E-state index in [1.807, 2.05) is 0 Å². The average molecular weight is 372 g/mol. The first-order chi connectivity index (χ1) is 10.7. The number of anilines is 1. The molecule has 0 aliphatic carbocycles. The van der Waals surface area contributed by atoms with Crippen LogP contribution in [0.3, 0.4) is 0 Å². The monoisotopic (exact) mass is 372 g/mol. The summed E-state index contributed by atoms with van der Waals surface area (Å²) in [6.07, 6.45) is -15.9. The summed E-state index contributed by atoms with van der Waals surface area (Å²) in [5.74, 6) is -5.72. The summed E-state index contributed by atoms with van der Waals surface area (Å²) in [5, 5.41) is 1.51. The Hall–Kier alpha value is -2.54. The number of alkyl halides is 9. The largest absolute Gasteiger partial charge is 0.573 e. The fourth-order valence-corrected chi connectivity index (χ4v) is 1.33. The van der Waals surface area contributed by atoms with E-state index in [0.29, 0.717) is 0 Å². The van der Waals surface area contributed by atoms with Gasteiger partial charge >= 0.3 is 25.5 Å². The summed E-state index contributed by atoms with van der Waals surface area (Å²) in [7, 11) is 0. The van der Waals surface area contributed by atoms with Crippen molar-refractivity contribution in [1.82, 2.24) is 0 Å². The van der Waals surface area contributed by atoms with E-state index in [-0.39, 0.29) is 12.1 Å². The maximum absolute atomic E-state index is 12.2. The average Bonchev–Trinajstić information content (AvgIpc) is 2.28. The van der Waals surface area contributed by atoms with Gasteiger partial charge in [0.25, 0.3) is 0 Å². The minimum atomic E-state index is -5.67. The highest BCUT2D eigenvalue weighted by Gasteiger charge is 2.41. The van der Waals surface area contributed by atoms with Gasteiger partial charge in [0.05, 0.1) is 0 Å². The quantitative estimate of drug-likeness (QED) is 0.630. The number of amides is 1. The van der Waals surface area contributed by atoms with Crippen molar-refractivity contribution in [2.45, 2.75) is 19.1 Å². The lowest BCUT2D eigenvalue weighted by Gasteiger charge is -2.20. The summed E-state index contributed by atoms with van der Waals surface area (Å²) >= 11 is 0. The molecule has 0 spiro atoms. The smallest absolute Gasteiger partial charge is 0.402 e. The third kappa shape index (κ3) is 6.70. The van der Waals surface area contributed by atoms with Crippen LogP contribution in [0, 0.1) is 0 Å². The first-order valence-electron chi connectivity index (χ1n) is 5.28. The van der Waals surface area contributed by atoms with Crippen molar-refractivity contribution in [1.29, 1.82) is 0 Å². The minimum Gasteiger partial charge on any atom is -0.402 e. The Labute approximate surface area is 125 Å². The van der Waals surface area contributed by atoms with E-state index >= 15 is 0 Å². The van der Waals surface area contributed by atoms with Crippen LogP contribution in [-0.2, 0) is 4.79 Å². The van der Waals surface area contributed by atoms with E-state index in [1.165, 1.54) is 5.32 Å². The second-order valence-electron chi connectivity index (χ2n) is 3.67. The Morgan fingerprint density at radius 1 is 0.750 bits per heavy atom. The zero-order valence-electron chi connectivity index (χ0n) is 10.7. The molecule has 135 valence electrons. The van der Waals surface area contributed by atoms with E-state index in [9.17, 15) is 44.3 Å². The van der Waals surface area contributed by atoms with Gasteiger partial charge in [0.15, 0.2) is 11.5 Å². The van der Waals surface area contributed by atoms with Gasteiger partial charge in [-0.15, -0.1) is 39.5 Å². The van der Waals surface area contributed by atoms with Gasteiger partial charge in [0, 0.05) is 17.8 Å². The molecule has 0 heterocycles. The highest BCUT2D eigenvalue weighted by Crippen LogP contribution is 2.46. The number of hydrogen-bond donors (Lipinski definition) is 1. The molecule has 5 nitrogen and oxygen atoms in total. The fraction of sp³-hybridized carbons (Fsp3) is 0.300. The lowest BCUT2D eigenvalue weighted by molar-refractivity contribution is -0.293. The van der Waals surface area contributed by atoms with E-state index < -0.39 is 42.0 Å². The third-order valence-corrected chi connectivity index (χ3v) is 1.89. The van der Waals surface area contributed by atoms with Crippen molar-refractivity contribution in [3.8, 4) is 17.2 Å². The van der Waals surface area contributed by atoms with Crippen LogP contribution in [0.1, 0.15) is 0 Å². The number of halogens is 9. The van der Waals surface area contributed by atoms with Gasteiger partial charge in [-0.1, -0.05) is 0 Å². The maximum atomic E-state index is 12.2. The first-order valence-corrected chi connectivity index (χ1v) is 5.28. The number of ether oxygens (including phenoxy) is 3. The van der Waals surface area contributed by atoms with Crippen molar-refractivity contribution in [2.75, 3.05) is 5.32 Å². The van der Waals surface area contributed by atoms with Crippen LogP contribution in [0.15, 0.2) is 12.1 Å². The predicted octanol–water partition coefficient (Wildman–Crippen LogP) is 3.86. The number of hydrogen-bond acceptors (Lipinski definition) is 4. The molecule has 0 unspecified atom stereocenters. The van der Waals surface area contributed by atoms with Crippen LogP contribution in [0.5, 0.6) is 17.2 Å². The SMILES string of the molecule is O=[C]Nc1cc(OC(F)(F)F)c(OC(F)(F)F)c(OC(F)(F)F)c1. The highest BCUT2D eigenvalue weighted by molar-refractivity contribution is 5.75. The number of rotatable bonds is 5. The number of benzene rings is 1. The summed E-state index contributed by atoms with van der Waals surface area (Å²) in [6, 6.07) is 0.255. The summed E-state index contributed by atoms with van der Waals surface area (Å²) in [6.45, 7) is 0. The van der Waals surface area contributed by atoms with E-state index in [1.54, 1.807) is 0 Å². The highest BCUT2D eigenvalue weighted by atomic mass is 19.4. The van der Waals surface area contributed by atoms with Gasteiger partial charge in [-0.3, -0.25) is 4.79 Å². The molecular formula is C10H3F9NO4. The summed E-state index contributed by atoms with van der Waals surface area (Å²) in [5.41, 5.74) is -0.835. The fourth-order valence-electron chi connectivity index (χ4n) is 1.33. The van der Waals surface area contributed by atoms with Gasteiger partial charge in [0.1, 0.15) is 0 Å². The molecule has 24 heavy (non-hydrogen) atoms. The Balaban J connectivity index is 3.51. The zero-order chi connectivity index (χ0) is 18.8. The van der Waals surface area contributed by atoms with Gasteiger partial charge in [-0.2, -0.15) is 0 Å². The Morgan fingerprint density at radius 3 is 1.42 bits per heavy atom. The molecule has 0 aromatic heterocycles. The van der Waals surface area contributed by atoms with Crippen LogP contribution < -0.4 is 19.5 Å². The molecule has 0 saturated heterocycles. The third-order valence-electron chi connectivity index (χ3n) is 1.89. The molecule has 0 atom stereocenters. The van der Waals surface area contributed by atoms with E-state index in [4.69, 9.17) is 0 Å². The van der Waals surface area contributed by atoms with Gasteiger partial charge in [-0.05, 0) is 0 Å². The molecule has 0 saturated carbocycles. The minimum absolute atomic E-state index is 0.128. The topological polar surface area (TPSA) is 56.8 Å². The Morgan fingerprint density at radius 2 is 1.12 bits per heavy atom. The van der Waals surface area contributed by atoms with Crippen molar-refractivity contribution in [3.05, 3.63) is 12.1 Å². The standard InChI is InChI=1S/C10H3F9NO4/c11-8(12,13)22-5-1-4(20-3-21)2-6(23-9(14,15)16)7(5)24-10(17,18)19/h1-2H,(H,20,21). The van der Waals surface area contributed by atoms with Crippen molar-refractivity contribution in [3.63, 3.8) is 0 Å². The van der Waals surface area contributed by atoms with Gasteiger partial charge in [-0.25, -0.2) is 0 Å². The molecule has 0 bridgehead atoms. The van der Waals surface area contributed by atoms with Crippen molar-refractivity contribution < 1.29 is 58.5 Å². The second-order valence-corrected chi connectivity index (χ2v) is 3.67. The Kier molecular flexibility index (Phi) is 5.30. The molecule has 1 rings (SSSR count). The molecule has 0 aliphatic heterocycles. The van der Waals surface area contributed by atoms with Crippen molar-refractivity contribution >= 4 is 12.1 Å². The number of nitrogens with one attached hydrogen (secondary N) is 1. The van der Waals surface area contributed by atoms with E-state index in [0.717, 1.165) is 6.41 Å². The van der Waals surface area contributed by atoms with Gasteiger partial charge in [0.2, 0.25) is 5.75 Å². The van der Waals surface area contributed by atoms with Crippen LogP contribution in [0.2, 0.25) is 0 Å². The lowest BCUT2D eigenvalue weighted by atomic mass is 10.2. The van der Waals surface area contributed by atoms with Crippen LogP contribution >= 0.6 is 0 Å². The van der Waals surface area contributed by atoms with Crippen molar-refractivity contribution in [2.24, 2.45) is 0 Å². The molecule has 1 N–H and O–H groups in total. The molecule has 14 heteroatoms. The van der Waals surface area contributed by atoms with E-state index in [2.05, 4.69) is 14.2 Å². The summed E-state index contributed by atoms with van der Waals surface area (Å²) < 4.78 is 120.